The zero-order chi connectivity index (χ0) is 27.9. The van der Waals surface area contributed by atoms with Crippen molar-refractivity contribution in [3.05, 3.63) is 101 Å². The van der Waals surface area contributed by atoms with Crippen LogP contribution in [-0.2, 0) is 28.9 Å². The Hall–Kier alpha value is -4.12. The van der Waals surface area contributed by atoms with Gasteiger partial charge in [0.1, 0.15) is 5.75 Å². The van der Waals surface area contributed by atoms with Crippen molar-refractivity contribution in [1.29, 1.82) is 0 Å². The second kappa shape index (κ2) is 12.6. The average Bonchev–Trinajstić information content (AvgIpc) is 2.88. The number of hydrogen-bond donors (Lipinski definition) is 0. The average molecular weight is 525 g/mol. The maximum absolute atomic E-state index is 13.2. The molecule has 0 atom stereocenters. The molecule has 0 heterocycles. The fourth-order valence-electron chi connectivity index (χ4n) is 4.57. The molecular formula is C34H36O5. The van der Waals surface area contributed by atoms with Gasteiger partial charge in [-0.15, -0.1) is 0 Å². The van der Waals surface area contributed by atoms with Gasteiger partial charge in [0, 0.05) is 16.3 Å². The highest BCUT2D eigenvalue weighted by molar-refractivity contribution is 6.00. The van der Waals surface area contributed by atoms with Gasteiger partial charge in [0.15, 0.2) is 11.5 Å². The molecule has 0 saturated heterocycles. The molecule has 0 saturated carbocycles. The monoisotopic (exact) mass is 524 g/mol. The molecule has 202 valence electrons. The van der Waals surface area contributed by atoms with E-state index in [1.807, 2.05) is 99.6 Å². The van der Waals surface area contributed by atoms with Crippen molar-refractivity contribution in [2.75, 3.05) is 0 Å². The molecule has 0 bridgehead atoms. The highest BCUT2D eigenvalue weighted by Crippen LogP contribution is 2.48. The van der Waals surface area contributed by atoms with E-state index in [4.69, 9.17) is 14.2 Å². The lowest BCUT2D eigenvalue weighted by Gasteiger charge is -2.24. The maximum atomic E-state index is 13.2. The van der Waals surface area contributed by atoms with Gasteiger partial charge in [0.2, 0.25) is 0 Å². The van der Waals surface area contributed by atoms with Gasteiger partial charge in [0.25, 0.3) is 0 Å². The first-order valence-corrected chi connectivity index (χ1v) is 13.5. The van der Waals surface area contributed by atoms with Crippen LogP contribution in [0, 0.1) is 12.8 Å². The van der Waals surface area contributed by atoms with E-state index < -0.39 is 0 Å². The molecule has 4 aromatic carbocycles. The van der Waals surface area contributed by atoms with Crippen LogP contribution >= 0.6 is 0 Å². The number of benzene rings is 4. The van der Waals surface area contributed by atoms with E-state index in [9.17, 15) is 9.59 Å². The fraction of sp³-hybridized carbons (Fsp3) is 0.294. The Morgan fingerprint density at radius 1 is 0.667 bits per heavy atom. The summed E-state index contributed by atoms with van der Waals surface area (Å²) < 4.78 is 18.6. The molecule has 0 spiro atoms. The third kappa shape index (κ3) is 7.26. The van der Waals surface area contributed by atoms with E-state index >= 15 is 0 Å². The molecule has 5 heteroatoms. The lowest BCUT2D eigenvalue weighted by atomic mass is 9.95. The zero-order valence-corrected chi connectivity index (χ0v) is 23.3. The van der Waals surface area contributed by atoms with Crippen molar-refractivity contribution in [2.45, 2.75) is 60.0 Å². The summed E-state index contributed by atoms with van der Waals surface area (Å²) in [5.41, 5.74) is 3.46. The number of rotatable bonds is 10. The van der Waals surface area contributed by atoms with E-state index in [0.717, 1.165) is 22.3 Å². The van der Waals surface area contributed by atoms with E-state index in [1.165, 1.54) is 0 Å². The number of aryl methyl sites for hydroxylation is 1. The Kier molecular flexibility index (Phi) is 9.03. The highest BCUT2D eigenvalue weighted by Gasteiger charge is 2.27. The summed E-state index contributed by atoms with van der Waals surface area (Å²) in [6.07, 6.45) is 0.646. The molecule has 4 aromatic rings. The van der Waals surface area contributed by atoms with Crippen LogP contribution in [0.15, 0.2) is 78.9 Å². The Labute approximate surface area is 230 Å². The zero-order valence-electron chi connectivity index (χ0n) is 23.3. The molecule has 0 aliphatic rings. The number of carbonyl (C=O) groups is 2. The van der Waals surface area contributed by atoms with Crippen LogP contribution in [0.5, 0.6) is 17.2 Å². The van der Waals surface area contributed by atoms with Gasteiger partial charge < -0.3 is 14.2 Å². The number of hydrogen-bond acceptors (Lipinski definition) is 5. The predicted octanol–water partition coefficient (Wildman–Crippen LogP) is 7.43. The van der Waals surface area contributed by atoms with Crippen molar-refractivity contribution in [3.63, 3.8) is 0 Å². The van der Waals surface area contributed by atoms with Gasteiger partial charge in [-0.05, 0) is 50.3 Å². The summed E-state index contributed by atoms with van der Waals surface area (Å²) in [7, 11) is 0. The first-order chi connectivity index (χ1) is 18.7. The molecule has 5 nitrogen and oxygen atoms in total. The Bertz CT molecular complexity index is 1440. The van der Waals surface area contributed by atoms with Gasteiger partial charge in [0.05, 0.1) is 18.9 Å². The third-order valence-corrected chi connectivity index (χ3v) is 6.20. The Morgan fingerprint density at radius 3 is 1.72 bits per heavy atom. The van der Waals surface area contributed by atoms with Crippen molar-refractivity contribution >= 4 is 22.7 Å². The lowest BCUT2D eigenvalue weighted by Crippen LogP contribution is -2.18. The number of carbonyl (C=O) groups excluding carboxylic acids is 2. The summed E-state index contributed by atoms with van der Waals surface area (Å²) in [6.45, 7) is 10.0. The van der Waals surface area contributed by atoms with E-state index in [2.05, 4.69) is 13.8 Å². The molecule has 0 fully saturated rings. The molecule has 39 heavy (non-hydrogen) atoms. The predicted molar refractivity (Wildman–Crippen MR) is 155 cm³/mol. The maximum Gasteiger partial charge on any atom is 0.315 e. The molecular weight excluding hydrogens is 488 g/mol. The van der Waals surface area contributed by atoms with Gasteiger partial charge in [-0.3, -0.25) is 9.59 Å². The summed E-state index contributed by atoms with van der Waals surface area (Å²) in [6, 6.07) is 24.8. The first-order valence-electron chi connectivity index (χ1n) is 13.5. The molecule has 0 radical (unpaired) electrons. The molecule has 0 N–H and O–H groups in total. The van der Waals surface area contributed by atoms with Crippen molar-refractivity contribution < 1.29 is 23.8 Å². The molecule has 0 unspecified atom stereocenters. The molecule has 4 rings (SSSR count). The van der Waals surface area contributed by atoms with Crippen molar-refractivity contribution in [3.8, 4) is 17.2 Å². The Morgan fingerprint density at radius 2 is 1.21 bits per heavy atom. The SMILES string of the molecule is Cc1ccc2c(OC(=O)Cc3ccccc3)c(OC(C)C)c(CC(C)C)c(OC(=O)Cc3ccccc3)c2c1. The second-order valence-electron chi connectivity index (χ2n) is 10.6. The Balaban J connectivity index is 1.85. The summed E-state index contributed by atoms with van der Waals surface area (Å²) in [4.78, 5) is 26.4. The largest absolute Gasteiger partial charge is 0.487 e. The molecule has 0 aliphatic heterocycles. The first kappa shape index (κ1) is 27.9. The van der Waals surface area contributed by atoms with Gasteiger partial charge in [-0.2, -0.15) is 0 Å². The topological polar surface area (TPSA) is 61.8 Å². The number of fused-ring (bicyclic) bond motifs is 1. The summed E-state index contributed by atoms with van der Waals surface area (Å²) in [5, 5.41) is 1.37. The summed E-state index contributed by atoms with van der Waals surface area (Å²) >= 11 is 0. The highest BCUT2D eigenvalue weighted by atomic mass is 16.6. The molecule has 0 aliphatic carbocycles. The standard InChI is InChI=1S/C34H36O5/c1-22(2)18-29-32(38-30(35)20-25-12-8-6-9-13-25)28-19-24(5)16-17-27(28)33(34(29)37-23(3)4)39-31(36)21-26-14-10-7-11-15-26/h6-17,19,22-23H,18,20-21H2,1-5H3. The summed E-state index contributed by atoms with van der Waals surface area (Å²) in [5.74, 6) is 0.736. The van der Waals surface area contributed by atoms with Crippen LogP contribution in [-0.4, -0.2) is 18.0 Å². The van der Waals surface area contributed by atoms with Crippen molar-refractivity contribution in [1.82, 2.24) is 0 Å². The number of ether oxygens (including phenoxy) is 3. The number of esters is 2. The van der Waals surface area contributed by atoms with Crippen LogP contribution < -0.4 is 14.2 Å². The van der Waals surface area contributed by atoms with Gasteiger partial charge in [-0.25, -0.2) is 0 Å². The van der Waals surface area contributed by atoms with Gasteiger partial charge >= 0.3 is 11.9 Å². The minimum atomic E-state index is -0.388. The van der Waals surface area contributed by atoms with Crippen LogP contribution in [0.25, 0.3) is 10.8 Å². The third-order valence-electron chi connectivity index (χ3n) is 6.20. The smallest absolute Gasteiger partial charge is 0.315 e. The molecule has 0 aromatic heterocycles. The van der Waals surface area contributed by atoms with Crippen LogP contribution in [0.3, 0.4) is 0 Å². The second-order valence-corrected chi connectivity index (χ2v) is 10.6. The van der Waals surface area contributed by atoms with Crippen LogP contribution in [0.1, 0.15) is 49.9 Å². The normalized spacial score (nSPS) is 11.2. The van der Waals surface area contributed by atoms with E-state index in [0.29, 0.717) is 34.4 Å². The van der Waals surface area contributed by atoms with E-state index in [-0.39, 0.29) is 36.8 Å². The van der Waals surface area contributed by atoms with Crippen LogP contribution in [0.2, 0.25) is 0 Å². The van der Waals surface area contributed by atoms with Crippen LogP contribution in [0.4, 0.5) is 0 Å². The minimum absolute atomic E-state index is 0.128. The van der Waals surface area contributed by atoms with Crippen molar-refractivity contribution in [2.24, 2.45) is 5.92 Å². The molecule has 0 amide bonds. The van der Waals surface area contributed by atoms with Gasteiger partial charge in [-0.1, -0.05) is 92.2 Å². The minimum Gasteiger partial charge on any atom is -0.487 e. The van der Waals surface area contributed by atoms with E-state index in [1.54, 1.807) is 0 Å². The fourth-order valence-corrected chi connectivity index (χ4v) is 4.57. The lowest BCUT2D eigenvalue weighted by molar-refractivity contribution is -0.134. The quantitative estimate of drug-likeness (QED) is 0.159.